The molecule has 0 fully saturated rings. The first-order valence-electron chi connectivity index (χ1n) is 8.01. The summed E-state index contributed by atoms with van der Waals surface area (Å²) in [5.41, 5.74) is 5.44. The van der Waals surface area contributed by atoms with Gasteiger partial charge in [-0.25, -0.2) is 9.18 Å². The van der Waals surface area contributed by atoms with E-state index in [1.54, 1.807) is 19.1 Å². The average molecular weight is 408 g/mol. The highest BCUT2D eigenvalue weighted by Crippen LogP contribution is 2.37. The molecule has 0 bridgehead atoms. The average Bonchev–Trinajstić information content (AvgIpc) is 3.00. The maximum atomic E-state index is 13.9. The van der Waals surface area contributed by atoms with Crippen LogP contribution in [-0.4, -0.2) is 18.5 Å². The number of amides is 1. The van der Waals surface area contributed by atoms with E-state index in [2.05, 4.69) is 0 Å². The van der Waals surface area contributed by atoms with E-state index in [0.29, 0.717) is 20.8 Å². The smallest absolute Gasteiger partial charge is 0.348 e. The van der Waals surface area contributed by atoms with Gasteiger partial charge in [-0.1, -0.05) is 17.7 Å². The minimum Gasteiger partial charge on any atom is -0.489 e. The van der Waals surface area contributed by atoms with Gasteiger partial charge in [0.2, 0.25) is 0 Å². The molecule has 2 N–H and O–H groups in total. The lowest BCUT2D eigenvalue weighted by atomic mass is 10.1. The first-order chi connectivity index (χ1) is 12.9. The summed E-state index contributed by atoms with van der Waals surface area (Å²) in [7, 11) is 0. The molecule has 0 spiro atoms. The van der Waals surface area contributed by atoms with E-state index in [9.17, 15) is 14.0 Å². The zero-order valence-electron chi connectivity index (χ0n) is 14.3. The fourth-order valence-corrected chi connectivity index (χ4v) is 4.08. The largest absolute Gasteiger partial charge is 0.489 e. The molecule has 5 nitrogen and oxygen atoms in total. The van der Waals surface area contributed by atoms with Crippen molar-refractivity contribution >= 4 is 44.9 Å². The van der Waals surface area contributed by atoms with Gasteiger partial charge in [0.25, 0.3) is 5.91 Å². The van der Waals surface area contributed by atoms with E-state index in [1.165, 1.54) is 23.5 Å². The lowest BCUT2D eigenvalue weighted by Crippen LogP contribution is -2.13. The summed E-state index contributed by atoms with van der Waals surface area (Å²) >= 11 is 7.56. The number of benzene rings is 2. The highest BCUT2D eigenvalue weighted by atomic mass is 35.5. The summed E-state index contributed by atoms with van der Waals surface area (Å²) in [6.45, 7) is 1.94. The van der Waals surface area contributed by atoms with Crippen molar-refractivity contribution in [2.24, 2.45) is 5.73 Å². The first kappa shape index (κ1) is 19.1. The van der Waals surface area contributed by atoms with Crippen molar-refractivity contribution in [2.75, 3.05) is 6.61 Å². The highest BCUT2D eigenvalue weighted by Gasteiger charge is 2.22. The highest BCUT2D eigenvalue weighted by molar-refractivity contribution is 7.21. The minimum atomic E-state index is -0.862. The monoisotopic (exact) mass is 407 g/mol. The van der Waals surface area contributed by atoms with E-state index >= 15 is 0 Å². The van der Waals surface area contributed by atoms with Crippen molar-refractivity contribution in [3.8, 4) is 5.75 Å². The van der Waals surface area contributed by atoms with Crippen molar-refractivity contribution in [3.05, 3.63) is 63.2 Å². The van der Waals surface area contributed by atoms with Gasteiger partial charge in [-0.15, -0.1) is 11.3 Å². The maximum Gasteiger partial charge on any atom is 0.348 e. The molecule has 0 aliphatic rings. The van der Waals surface area contributed by atoms with Gasteiger partial charge in [0.05, 0.1) is 12.2 Å². The molecule has 2 aromatic carbocycles. The van der Waals surface area contributed by atoms with E-state index < -0.39 is 17.7 Å². The lowest BCUT2D eigenvalue weighted by Gasteiger charge is -2.09. The Bertz CT molecular complexity index is 1030. The van der Waals surface area contributed by atoms with E-state index in [4.69, 9.17) is 26.8 Å². The van der Waals surface area contributed by atoms with Crippen LogP contribution in [0.5, 0.6) is 5.75 Å². The number of carbonyl (C=O) groups is 2. The van der Waals surface area contributed by atoms with Gasteiger partial charge in [-0.05, 0) is 31.2 Å². The molecular formula is C19H15ClFNO4S. The molecule has 1 aromatic heterocycles. The van der Waals surface area contributed by atoms with Crippen molar-refractivity contribution in [1.29, 1.82) is 0 Å². The van der Waals surface area contributed by atoms with Crippen LogP contribution in [-0.2, 0) is 11.3 Å². The van der Waals surface area contributed by atoms with Crippen LogP contribution in [0.1, 0.15) is 32.5 Å². The Kier molecular flexibility index (Phi) is 5.62. The lowest BCUT2D eigenvalue weighted by molar-refractivity contribution is 0.0529. The quantitative estimate of drug-likeness (QED) is 0.608. The predicted molar refractivity (Wildman–Crippen MR) is 102 cm³/mol. The summed E-state index contributed by atoms with van der Waals surface area (Å²) in [5, 5.41) is 1.18. The molecule has 1 amide bonds. The van der Waals surface area contributed by atoms with Gasteiger partial charge in [-0.2, -0.15) is 0 Å². The Morgan fingerprint density at radius 2 is 2.04 bits per heavy atom. The summed E-state index contributed by atoms with van der Waals surface area (Å²) in [4.78, 5) is 23.8. The van der Waals surface area contributed by atoms with Crippen LogP contribution in [0.25, 0.3) is 10.1 Å². The van der Waals surface area contributed by atoms with Gasteiger partial charge in [0, 0.05) is 26.7 Å². The Morgan fingerprint density at radius 1 is 1.26 bits per heavy atom. The standard InChI is InChI=1S/C19H15ClFNO4S/c1-2-25-19(24)17-12(16-13(20)4-3-5-15(16)27-17)9-26-10-6-7-11(18(22)23)14(21)8-10/h3-8H,2,9H2,1H3,(H2,22,23). The third-order valence-electron chi connectivity index (χ3n) is 3.81. The van der Waals surface area contributed by atoms with Crippen LogP contribution in [0.15, 0.2) is 36.4 Å². The second-order valence-corrected chi connectivity index (χ2v) is 7.00. The Hall–Kier alpha value is -2.64. The molecule has 3 rings (SSSR count). The van der Waals surface area contributed by atoms with E-state index in [-0.39, 0.29) is 24.5 Å². The van der Waals surface area contributed by atoms with Gasteiger partial charge in [0.1, 0.15) is 23.1 Å². The van der Waals surface area contributed by atoms with Crippen molar-refractivity contribution in [2.45, 2.75) is 13.5 Å². The zero-order chi connectivity index (χ0) is 19.6. The Labute approximate surface area is 163 Å². The summed E-state index contributed by atoms with van der Waals surface area (Å²) in [6.07, 6.45) is 0. The van der Waals surface area contributed by atoms with E-state index in [1.807, 2.05) is 6.07 Å². The predicted octanol–water partition coefficient (Wildman–Crippen LogP) is 4.55. The number of nitrogens with two attached hydrogens (primary N) is 1. The SMILES string of the molecule is CCOC(=O)c1sc2cccc(Cl)c2c1COc1ccc(C(N)=O)c(F)c1. The number of thiophene rings is 1. The van der Waals surface area contributed by atoms with Crippen LogP contribution >= 0.6 is 22.9 Å². The fourth-order valence-electron chi connectivity index (χ4n) is 2.61. The summed E-state index contributed by atoms with van der Waals surface area (Å²) in [5.74, 6) is -1.92. The number of esters is 1. The Balaban J connectivity index is 1.96. The molecule has 0 aliphatic carbocycles. The summed E-state index contributed by atoms with van der Waals surface area (Å²) in [6, 6.07) is 9.11. The van der Waals surface area contributed by atoms with Crippen LogP contribution in [0.2, 0.25) is 5.02 Å². The molecule has 3 aromatic rings. The maximum absolute atomic E-state index is 13.9. The fraction of sp³-hybridized carbons (Fsp3) is 0.158. The number of hydrogen-bond acceptors (Lipinski definition) is 5. The zero-order valence-corrected chi connectivity index (χ0v) is 15.8. The molecule has 0 unspecified atom stereocenters. The molecule has 0 aliphatic heterocycles. The number of ether oxygens (including phenoxy) is 2. The molecule has 140 valence electrons. The second-order valence-electron chi connectivity index (χ2n) is 5.54. The normalized spacial score (nSPS) is 10.8. The van der Waals surface area contributed by atoms with Gasteiger partial charge < -0.3 is 15.2 Å². The molecule has 27 heavy (non-hydrogen) atoms. The number of fused-ring (bicyclic) bond motifs is 1. The summed E-state index contributed by atoms with van der Waals surface area (Å²) < 4.78 is 25.5. The topological polar surface area (TPSA) is 78.6 Å². The first-order valence-corrected chi connectivity index (χ1v) is 9.21. The molecule has 0 radical (unpaired) electrons. The number of carbonyl (C=O) groups excluding carboxylic acids is 2. The molecule has 8 heteroatoms. The van der Waals surface area contributed by atoms with Crippen molar-refractivity contribution in [3.63, 3.8) is 0 Å². The number of primary amides is 1. The Morgan fingerprint density at radius 3 is 2.70 bits per heavy atom. The van der Waals surface area contributed by atoms with Crippen LogP contribution in [0.4, 0.5) is 4.39 Å². The van der Waals surface area contributed by atoms with Gasteiger partial charge >= 0.3 is 5.97 Å². The van der Waals surface area contributed by atoms with Crippen molar-refractivity contribution in [1.82, 2.24) is 0 Å². The molecule has 0 saturated heterocycles. The number of hydrogen-bond donors (Lipinski definition) is 1. The number of rotatable bonds is 6. The third kappa shape index (κ3) is 3.89. The van der Waals surface area contributed by atoms with Crippen LogP contribution < -0.4 is 10.5 Å². The third-order valence-corrected chi connectivity index (χ3v) is 5.31. The minimum absolute atomic E-state index is 0.0206. The van der Waals surface area contributed by atoms with Crippen LogP contribution in [0.3, 0.4) is 0 Å². The molecule has 0 atom stereocenters. The molecule has 1 heterocycles. The van der Waals surface area contributed by atoms with Gasteiger partial charge in [-0.3, -0.25) is 4.79 Å². The molecular weight excluding hydrogens is 393 g/mol. The number of halogens is 2. The van der Waals surface area contributed by atoms with Crippen LogP contribution in [0, 0.1) is 5.82 Å². The van der Waals surface area contributed by atoms with Gasteiger partial charge in [0.15, 0.2) is 0 Å². The van der Waals surface area contributed by atoms with E-state index in [0.717, 1.165) is 10.8 Å². The molecule has 0 saturated carbocycles. The van der Waals surface area contributed by atoms with Crippen molar-refractivity contribution < 1.29 is 23.5 Å². The second kappa shape index (κ2) is 7.94.